The van der Waals surface area contributed by atoms with Crippen molar-refractivity contribution in [3.8, 4) is 51.2 Å². The third-order valence-corrected chi connectivity index (χ3v) is 6.01. The first-order valence-corrected chi connectivity index (χ1v) is 11.8. The number of rotatable bonds is 6. The van der Waals surface area contributed by atoms with Gasteiger partial charge in [0.25, 0.3) is 0 Å². The molecule has 0 unspecified atom stereocenters. The van der Waals surface area contributed by atoms with Crippen LogP contribution in [0.2, 0.25) is 0 Å². The molecule has 6 nitrogen and oxygen atoms in total. The molecule has 0 saturated heterocycles. The van der Waals surface area contributed by atoms with Crippen LogP contribution in [-0.4, -0.2) is 32.6 Å². The molecule has 1 N–H and O–H groups in total. The zero-order valence-electron chi connectivity index (χ0n) is 19.7. The lowest BCUT2D eigenvalue weighted by Gasteiger charge is -2.11. The molecule has 0 spiro atoms. The van der Waals surface area contributed by atoms with E-state index in [1.807, 2.05) is 97.1 Å². The normalized spacial score (nSPS) is 10.8. The Bertz CT molecular complexity index is 1680. The maximum Gasteiger partial charge on any atom is 0.570 e. The fourth-order valence-corrected chi connectivity index (χ4v) is 4.23. The van der Waals surface area contributed by atoms with Crippen molar-refractivity contribution in [2.45, 2.75) is 0 Å². The van der Waals surface area contributed by atoms with Gasteiger partial charge in [0.2, 0.25) is 5.88 Å². The quantitative estimate of drug-likeness (QED) is 0.296. The summed E-state index contributed by atoms with van der Waals surface area (Å²) in [5.74, 6) is 1.06. The molecular weight excluding hydrogens is 459 g/mol. The number of hydrogen-bond acceptors (Lipinski definition) is 6. The van der Waals surface area contributed by atoms with Crippen molar-refractivity contribution in [3.63, 3.8) is 0 Å². The minimum atomic E-state index is 0.188. The molecule has 4 aromatic carbocycles. The van der Waals surface area contributed by atoms with Crippen LogP contribution in [0.25, 0.3) is 56.2 Å². The standard InChI is InChI=1S/C30H20BN4O2/c36-31-37-27-19-26(33-29(34-27)23-17-15-21(16-18-23)20-9-3-1-4-10-20)30-32-25-14-8-7-13-24(25)28(35-30)22-11-5-2-6-12-22/h1-19,36H. The molecule has 37 heavy (non-hydrogen) atoms. The minimum absolute atomic E-state index is 0.188. The molecule has 0 aliphatic carbocycles. The van der Waals surface area contributed by atoms with E-state index in [0.717, 1.165) is 38.9 Å². The van der Waals surface area contributed by atoms with Gasteiger partial charge in [-0.25, -0.2) is 15.0 Å². The van der Waals surface area contributed by atoms with E-state index in [0.29, 0.717) is 25.0 Å². The number of fused-ring (bicyclic) bond motifs is 1. The molecule has 0 fully saturated rings. The van der Waals surface area contributed by atoms with Gasteiger partial charge < -0.3 is 9.68 Å². The lowest BCUT2D eigenvalue weighted by Crippen LogP contribution is -2.05. The summed E-state index contributed by atoms with van der Waals surface area (Å²) in [6.07, 6.45) is 0. The van der Waals surface area contributed by atoms with E-state index < -0.39 is 0 Å². The molecule has 0 bridgehead atoms. The zero-order valence-corrected chi connectivity index (χ0v) is 19.7. The highest BCUT2D eigenvalue weighted by Crippen LogP contribution is 2.31. The van der Waals surface area contributed by atoms with Crippen LogP contribution in [0, 0.1) is 0 Å². The maximum atomic E-state index is 9.30. The number of para-hydroxylation sites is 1. The van der Waals surface area contributed by atoms with Gasteiger partial charge in [-0.15, -0.1) is 0 Å². The van der Waals surface area contributed by atoms with Crippen LogP contribution < -0.4 is 4.65 Å². The van der Waals surface area contributed by atoms with Gasteiger partial charge in [0, 0.05) is 22.6 Å². The molecule has 7 heteroatoms. The van der Waals surface area contributed by atoms with E-state index >= 15 is 0 Å². The molecule has 2 heterocycles. The number of aromatic nitrogens is 4. The van der Waals surface area contributed by atoms with Crippen molar-refractivity contribution in [1.82, 2.24) is 19.9 Å². The van der Waals surface area contributed by atoms with Gasteiger partial charge in [0.05, 0.1) is 11.2 Å². The summed E-state index contributed by atoms with van der Waals surface area (Å²) in [7, 11) is 0.602. The minimum Gasteiger partial charge on any atom is -0.523 e. The topological polar surface area (TPSA) is 81.0 Å². The second-order valence-corrected chi connectivity index (χ2v) is 8.36. The van der Waals surface area contributed by atoms with Gasteiger partial charge in [0.1, 0.15) is 5.69 Å². The van der Waals surface area contributed by atoms with E-state index in [9.17, 15) is 5.02 Å². The molecule has 0 aliphatic heterocycles. The Labute approximate surface area is 214 Å². The Morgan fingerprint density at radius 3 is 1.89 bits per heavy atom. The Kier molecular flexibility index (Phi) is 6.11. The van der Waals surface area contributed by atoms with Crippen molar-refractivity contribution < 1.29 is 9.68 Å². The highest BCUT2D eigenvalue weighted by molar-refractivity contribution is 6.17. The summed E-state index contributed by atoms with van der Waals surface area (Å²) in [4.78, 5) is 19.0. The van der Waals surface area contributed by atoms with E-state index in [-0.39, 0.29) is 5.88 Å². The lowest BCUT2D eigenvalue weighted by atomic mass is 10.0. The van der Waals surface area contributed by atoms with Crippen LogP contribution >= 0.6 is 0 Å². The average Bonchev–Trinajstić information content (AvgIpc) is 2.97. The van der Waals surface area contributed by atoms with Crippen molar-refractivity contribution in [2.75, 3.05) is 0 Å². The maximum absolute atomic E-state index is 9.30. The SMILES string of the molecule is O[B]Oc1cc(-c2nc(-c3ccccc3)c3ccccc3n2)nc(-c2ccc(-c3ccccc3)cc2)n1. The number of hydrogen-bond donors (Lipinski definition) is 1. The van der Waals surface area contributed by atoms with Gasteiger partial charge in [-0.2, -0.15) is 4.98 Å². The average molecular weight is 479 g/mol. The predicted octanol–water partition coefficient (Wildman–Crippen LogP) is 5.99. The van der Waals surface area contributed by atoms with E-state index in [2.05, 4.69) is 17.1 Å². The van der Waals surface area contributed by atoms with Gasteiger partial charge in [0.15, 0.2) is 11.6 Å². The fraction of sp³-hybridized carbons (Fsp3) is 0. The van der Waals surface area contributed by atoms with Crippen molar-refractivity contribution in [2.24, 2.45) is 0 Å². The van der Waals surface area contributed by atoms with Gasteiger partial charge in [-0.1, -0.05) is 103 Å². The Morgan fingerprint density at radius 1 is 0.541 bits per heavy atom. The highest BCUT2D eigenvalue weighted by atomic mass is 16.5. The predicted molar refractivity (Wildman–Crippen MR) is 145 cm³/mol. The summed E-state index contributed by atoms with van der Waals surface area (Å²) in [6, 6.07) is 37.6. The largest absolute Gasteiger partial charge is 0.570 e. The molecule has 6 rings (SSSR count). The summed E-state index contributed by atoms with van der Waals surface area (Å²) in [6.45, 7) is 0. The second-order valence-electron chi connectivity index (χ2n) is 8.36. The Balaban J connectivity index is 1.47. The van der Waals surface area contributed by atoms with Crippen molar-refractivity contribution in [3.05, 3.63) is 115 Å². The fourth-order valence-electron chi connectivity index (χ4n) is 4.23. The van der Waals surface area contributed by atoms with Crippen LogP contribution in [0.3, 0.4) is 0 Å². The first kappa shape index (κ1) is 22.6. The highest BCUT2D eigenvalue weighted by Gasteiger charge is 2.16. The van der Waals surface area contributed by atoms with E-state index in [4.69, 9.17) is 19.6 Å². The summed E-state index contributed by atoms with van der Waals surface area (Å²) < 4.78 is 5.25. The molecular formula is C30H20BN4O2. The molecule has 2 aromatic heterocycles. The van der Waals surface area contributed by atoms with Gasteiger partial charge in [-0.3, -0.25) is 0 Å². The van der Waals surface area contributed by atoms with Crippen LogP contribution in [0.1, 0.15) is 0 Å². The summed E-state index contributed by atoms with van der Waals surface area (Å²) in [5.41, 5.74) is 6.09. The van der Waals surface area contributed by atoms with Crippen LogP contribution in [0.5, 0.6) is 5.88 Å². The first-order chi connectivity index (χ1) is 18.3. The molecule has 6 aromatic rings. The third kappa shape index (κ3) is 4.68. The molecule has 0 amide bonds. The van der Waals surface area contributed by atoms with Gasteiger partial charge >= 0.3 is 7.69 Å². The van der Waals surface area contributed by atoms with Crippen LogP contribution in [-0.2, 0) is 0 Å². The third-order valence-electron chi connectivity index (χ3n) is 6.01. The molecule has 175 valence electrons. The second kappa shape index (κ2) is 10.0. The molecule has 1 radical (unpaired) electrons. The molecule has 0 atom stereocenters. The monoisotopic (exact) mass is 479 g/mol. The molecule has 0 saturated carbocycles. The first-order valence-electron chi connectivity index (χ1n) is 11.8. The van der Waals surface area contributed by atoms with E-state index in [1.165, 1.54) is 0 Å². The molecule has 0 aliphatic rings. The Hall–Kier alpha value is -4.88. The van der Waals surface area contributed by atoms with Crippen molar-refractivity contribution in [1.29, 1.82) is 0 Å². The number of benzene rings is 4. The van der Waals surface area contributed by atoms with Gasteiger partial charge in [-0.05, 0) is 17.2 Å². The van der Waals surface area contributed by atoms with Crippen LogP contribution in [0.4, 0.5) is 0 Å². The number of nitrogens with zero attached hydrogens (tertiary/aromatic N) is 4. The zero-order chi connectivity index (χ0) is 25.0. The van der Waals surface area contributed by atoms with E-state index in [1.54, 1.807) is 6.07 Å². The Morgan fingerprint density at radius 2 is 1.16 bits per heavy atom. The van der Waals surface area contributed by atoms with Crippen LogP contribution in [0.15, 0.2) is 115 Å². The van der Waals surface area contributed by atoms with Crippen molar-refractivity contribution >= 4 is 18.6 Å². The summed E-state index contributed by atoms with van der Waals surface area (Å²) in [5, 5.41) is 10.2. The summed E-state index contributed by atoms with van der Waals surface area (Å²) >= 11 is 0. The smallest absolute Gasteiger partial charge is 0.523 e. The lowest BCUT2D eigenvalue weighted by molar-refractivity contribution is 0.443.